The van der Waals surface area contributed by atoms with Gasteiger partial charge in [0.05, 0.1) is 6.04 Å². The Morgan fingerprint density at radius 2 is 2.04 bits per heavy atom. The smallest absolute Gasteiger partial charge is 0.416 e. The third-order valence-corrected chi connectivity index (χ3v) is 4.93. The highest BCUT2D eigenvalue weighted by molar-refractivity contribution is 5.87. The van der Waals surface area contributed by atoms with Crippen LogP contribution in [0.25, 0.3) is 0 Å². The van der Waals surface area contributed by atoms with Crippen molar-refractivity contribution in [2.75, 3.05) is 11.4 Å². The highest BCUT2D eigenvalue weighted by Crippen LogP contribution is 2.31. The molecule has 2 heterocycles. The lowest BCUT2D eigenvalue weighted by molar-refractivity contribution is -0.132. The van der Waals surface area contributed by atoms with Crippen molar-refractivity contribution < 1.29 is 14.3 Å². The van der Waals surface area contributed by atoms with Crippen LogP contribution in [-0.2, 0) is 9.53 Å². The number of amides is 2. The van der Waals surface area contributed by atoms with Gasteiger partial charge in [0.15, 0.2) is 0 Å². The van der Waals surface area contributed by atoms with Crippen LogP contribution in [0, 0.1) is 0 Å². The van der Waals surface area contributed by atoms with Crippen LogP contribution in [0.4, 0.5) is 10.6 Å². The van der Waals surface area contributed by atoms with E-state index < -0.39 is 5.60 Å². The van der Waals surface area contributed by atoms with Crippen molar-refractivity contribution in [2.24, 2.45) is 0 Å². The van der Waals surface area contributed by atoms with Gasteiger partial charge in [0, 0.05) is 25.7 Å². The van der Waals surface area contributed by atoms with E-state index in [2.05, 4.69) is 4.98 Å². The molecular weight excluding hydrogens is 342 g/mol. The van der Waals surface area contributed by atoms with Crippen LogP contribution >= 0.6 is 0 Å². The Kier molecular flexibility index (Phi) is 6.84. The molecule has 27 heavy (non-hydrogen) atoms. The number of nitrogens with zero attached hydrogens (tertiary/aromatic N) is 3. The fourth-order valence-corrected chi connectivity index (χ4v) is 3.39. The van der Waals surface area contributed by atoms with Crippen LogP contribution in [0.5, 0.6) is 0 Å². The first-order chi connectivity index (χ1) is 12.6. The second-order valence-corrected chi connectivity index (χ2v) is 8.28. The number of carbonyl (C=O) groups is 2. The molecule has 0 saturated carbocycles. The zero-order valence-corrected chi connectivity index (χ0v) is 17.5. The third-order valence-electron chi connectivity index (χ3n) is 4.93. The molecule has 0 N–H and O–H groups in total. The maximum atomic E-state index is 12.7. The molecule has 2 rings (SSSR count). The van der Waals surface area contributed by atoms with E-state index in [1.165, 1.54) is 0 Å². The van der Waals surface area contributed by atoms with Crippen LogP contribution in [-0.4, -0.2) is 40.1 Å². The van der Waals surface area contributed by atoms with Crippen LogP contribution in [0.1, 0.15) is 78.8 Å². The van der Waals surface area contributed by atoms with Crippen molar-refractivity contribution in [3.05, 3.63) is 23.9 Å². The van der Waals surface area contributed by atoms with Gasteiger partial charge in [0.25, 0.3) is 0 Å². The van der Waals surface area contributed by atoms with E-state index in [4.69, 9.17) is 4.74 Å². The van der Waals surface area contributed by atoms with E-state index in [1.807, 2.05) is 51.7 Å². The fourth-order valence-electron chi connectivity index (χ4n) is 3.39. The lowest BCUT2D eigenvalue weighted by Gasteiger charge is -2.35. The summed E-state index contributed by atoms with van der Waals surface area (Å²) in [4.78, 5) is 32.7. The Morgan fingerprint density at radius 3 is 2.56 bits per heavy atom. The number of piperidine rings is 1. The van der Waals surface area contributed by atoms with Gasteiger partial charge in [-0.1, -0.05) is 13.0 Å². The van der Waals surface area contributed by atoms with Crippen molar-refractivity contribution >= 4 is 17.8 Å². The largest absolute Gasteiger partial charge is 0.443 e. The molecule has 0 spiro atoms. The van der Waals surface area contributed by atoms with Crippen LogP contribution < -0.4 is 4.90 Å². The van der Waals surface area contributed by atoms with E-state index in [0.717, 1.165) is 37.8 Å². The Labute approximate surface area is 162 Å². The molecule has 6 heteroatoms. The van der Waals surface area contributed by atoms with Crippen LogP contribution in [0.3, 0.4) is 0 Å². The average Bonchev–Trinajstić information content (AvgIpc) is 2.60. The van der Waals surface area contributed by atoms with Gasteiger partial charge in [0.1, 0.15) is 11.4 Å². The summed E-state index contributed by atoms with van der Waals surface area (Å²) in [6.45, 7) is 12.0. The normalized spacial score (nSPS) is 18.7. The number of ether oxygens (including phenoxy) is 1. The Bertz CT molecular complexity index is 652. The maximum Gasteiger partial charge on any atom is 0.416 e. The summed E-state index contributed by atoms with van der Waals surface area (Å²) < 4.78 is 5.57. The molecule has 1 aromatic rings. The van der Waals surface area contributed by atoms with Gasteiger partial charge in [-0.25, -0.2) is 9.78 Å². The fraction of sp³-hybridized carbons (Fsp3) is 0.667. The summed E-state index contributed by atoms with van der Waals surface area (Å²) in [5.74, 6) is 0.672. The summed E-state index contributed by atoms with van der Waals surface area (Å²) in [6.07, 6.45) is 5.29. The van der Waals surface area contributed by atoms with Gasteiger partial charge in [-0.3, -0.25) is 9.69 Å². The molecule has 1 saturated heterocycles. The number of anilines is 1. The molecule has 2 amide bonds. The molecule has 1 aliphatic rings. The van der Waals surface area contributed by atoms with Gasteiger partial charge in [0.2, 0.25) is 5.91 Å². The van der Waals surface area contributed by atoms with Gasteiger partial charge < -0.3 is 9.64 Å². The molecule has 150 valence electrons. The lowest BCUT2D eigenvalue weighted by Crippen LogP contribution is -2.42. The van der Waals surface area contributed by atoms with Gasteiger partial charge >= 0.3 is 6.09 Å². The van der Waals surface area contributed by atoms with E-state index >= 15 is 0 Å². The quantitative estimate of drug-likeness (QED) is 0.765. The minimum atomic E-state index is -0.563. The van der Waals surface area contributed by atoms with Crippen LogP contribution in [0.15, 0.2) is 18.3 Å². The molecule has 1 aromatic heterocycles. The Balaban J connectivity index is 2.26. The number of likely N-dealkylation sites (tertiary alicyclic amines) is 1. The van der Waals surface area contributed by atoms with E-state index in [-0.39, 0.29) is 24.1 Å². The van der Waals surface area contributed by atoms with Gasteiger partial charge in [-0.15, -0.1) is 0 Å². The first kappa shape index (κ1) is 21.2. The molecule has 6 nitrogen and oxygen atoms in total. The first-order valence-electron chi connectivity index (χ1n) is 9.89. The molecule has 0 bridgehead atoms. The SMILES string of the molecule is CC[C@H](C)N(C(=O)OC(C)(C)C)c1ccc([C@H]2CCCCN2C(C)=O)cn1. The molecule has 2 atom stereocenters. The third kappa shape index (κ3) is 5.44. The molecule has 0 aliphatic carbocycles. The summed E-state index contributed by atoms with van der Waals surface area (Å²) >= 11 is 0. The van der Waals surface area contributed by atoms with Crippen molar-refractivity contribution in [1.82, 2.24) is 9.88 Å². The van der Waals surface area contributed by atoms with Crippen LogP contribution in [0.2, 0.25) is 0 Å². The summed E-state index contributed by atoms with van der Waals surface area (Å²) in [6, 6.07) is 3.88. The molecule has 1 aliphatic heterocycles. The van der Waals surface area contributed by atoms with Gasteiger partial charge in [-0.05, 0) is 65.0 Å². The topological polar surface area (TPSA) is 62.7 Å². The maximum absolute atomic E-state index is 12.7. The summed E-state index contributed by atoms with van der Waals surface area (Å²) in [5, 5.41) is 0. The predicted octanol–water partition coefficient (Wildman–Crippen LogP) is 4.70. The number of rotatable bonds is 4. The average molecular weight is 376 g/mol. The van der Waals surface area contributed by atoms with Crippen molar-refractivity contribution in [3.8, 4) is 0 Å². The molecule has 0 unspecified atom stereocenters. The minimum Gasteiger partial charge on any atom is -0.443 e. The number of carbonyl (C=O) groups excluding carboxylic acids is 2. The van der Waals surface area contributed by atoms with E-state index in [0.29, 0.717) is 5.82 Å². The van der Waals surface area contributed by atoms with Crippen molar-refractivity contribution in [3.63, 3.8) is 0 Å². The lowest BCUT2D eigenvalue weighted by atomic mass is 9.96. The molecule has 0 radical (unpaired) electrons. The van der Waals surface area contributed by atoms with E-state index in [9.17, 15) is 9.59 Å². The second-order valence-electron chi connectivity index (χ2n) is 8.28. The van der Waals surface area contributed by atoms with E-state index in [1.54, 1.807) is 18.0 Å². The highest BCUT2D eigenvalue weighted by Gasteiger charge is 2.29. The van der Waals surface area contributed by atoms with Gasteiger partial charge in [-0.2, -0.15) is 0 Å². The minimum absolute atomic E-state index is 0.0263. The summed E-state index contributed by atoms with van der Waals surface area (Å²) in [5.41, 5.74) is 0.453. The zero-order valence-electron chi connectivity index (χ0n) is 17.5. The van der Waals surface area contributed by atoms with Crippen molar-refractivity contribution in [2.45, 2.75) is 84.9 Å². The number of aromatic nitrogens is 1. The number of hydrogen-bond donors (Lipinski definition) is 0. The second kappa shape index (κ2) is 8.72. The Hall–Kier alpha value is -2.11. The molecule has 0 aromatic carbocycles. The first-order valence-corrected chi connectivity index (χ1v) is 9.89. The Morgan fingerprint density at radius 1 is 1.33 bits per heavy atom. The number of pyridine rings is 1. The van der Waals surface area contributed by atoms with Crippen molar-refractivity contribution in [1.29, 1.82) is 0 Å². The molecule has 1 fully saturated rings. The zero-order chi connectivity index (χ0) is 20.2. The number of hydrogen-bond acceptors (Lipinski definition) is 4. The highest BCUT2D eigenvalue weighted by atomic mass is 16.6. The standard InChI is InChI=1S/C21H33N3O3/c1-7-15(2)24(20(26)27-21(4,5)6)19-12-11-17(14-22-19)18-10-8-9-13-23(18)16(3)25/h11-12,14-15,18H,7-10,13H2,1-6H3/t15-,18+/m0/s1. The monoisotopic (exact) mass is 375 g/mol. The molecular formula is C21H33N3O3. The summed E-state index contributed by atoms with van der Waals surface area (Å²) in [7, 11) is 0. The predicted molar refractivity (Wildman–Crippen MR) is 107 cm³/mol.